The number of aliphatic hydroxyl groups is 1. The van der Waals surface area contributed by atoms with E-state index in [1.165, 1.54) is 18.4 Å². The first-order chi connectivity index (χ1) is 17.8. The third-order valence-electron chi connectivity index (χ3n) is 9.88. The summed E-state index contributed by atoms with van der Waals surface area (Å²) in [5, 5.41) is 23.4. The van der Waals surface area contributed by atoms with Crippen molar-refractivity contribution in [1.82, 2.24) is 9.80 Å². The normalized spacial score (nSPS) is 32.2. The van der Waals surface area contributed by atoms with E-state index in [1.54, 1.807) is 18.0 Å². The number of likely N-dealkylation sites (N-methyl/N-ethyl adjacent to an activating group) is 1. The maximum absolute atomic E-state index is 13.3. The average Bonchev–Trinajstić information content (AvgIpc) is 3.62. The van der Waals surface area contributed by atoms with Crippen molar-refractivity contribution in [2.24, 2.45) is 5.92 Å². The fraction of sp³-hybridized carbons (Fsp3) is 0.516. The van der Waals surface area contributed by atoms with Gasteiger partial charge in [0.15, 0.2) is 11.5 Å². The highest BCUT2D eigenvalue weighted by atomic mass is 35.5. The van der Waals surface area contributed by atoms with Crippen molar-refractivity contribution in [3.63, 3.8) is 0 Å². The molecular formula is C31H35ClN2O4. The van der Waals surface area contributed by atoms with Gasteiger partial charge < -0.3 is 19.8 Å². The second-order valence-corrected chi connectivity index (χ2v) is 11.9. The number of carbonyl (C=O) groups is 1. The molecule has 0 radical (unpaired) electrons. The van der Waals surface area contributed by atoms with Gasteiger partial charge in [-0.2, -0.15) is 0 Å². The van der Waals surface area contributed by atoms with Gasteiger partial charge in [0.1, 0.15) is 6.10 Å². The average molecular weight is 535 g/mol. The molecule has 6 nitrogen and oxygen atoms in total. The first-order valence-corrected chi connectivity index (χ1v) is 13.7. The Morgan fingerprint density at radius 2 is 2.03 bits per heavy atom. The number of likely N-dealkylation sites (tertiary alicyclic amines) is 1. The van der Waals surface area contributed by atoms with E-state index in [9.17, 15) is 15.0 Å². The summed E-state index contributed by atoms with van der Waals surface area (Å²) in [6.45, 7) is 3.95. The number of hydrogen-bond donors (Lipinski definition) is 2. The minimum Gasteiger partial charge on any atom is -0.504 e. The summed E-state index contributed by atoms with van der Waals surface area (Å²) in [4.78, 5) is 17.5. The minimum absolute atomic E-state index is 0. The summed E-state index contributed by atoms with van der Waals surface area (Å²) in [7, 11) is 1.80. The van der Waals surface area contributed by atoms with Gasteiger partial charge in [-0.3, -0.25) is 9.69 Å². The molecule has 1 saturated heterocycles. The van der Waals surface area contributed by atoms with Crippen molar-refractivity contribution in [2.45, 2.75) is 74.7 Å². The summed E-state index contributed by atoms with van der Waals surface area (Å²) in [5.41, 5.74) is 2.48. The molecule has 7 heteroatoms. The molecule has 5 aliphatic rings. The van der Waals surface area contributed by atoms with Gasteiger partial charge in [0, 0.05) is 36.7 Å². The van der Waals surface area contributed by atoms with Gasteiger partial charge in [-0.1, -0.05) is 24.1 Å². The smallest absolute Gasteiger partial charge is 0.298 e. The zero-order chi connectivity index (χ0) is 25.5. The molecule has 1 amide bonds. The number of carbonyl (C=O) groups excluding carboxylic acids is 1. The molecule has 2 saturated carbocycles. The van der Waals surface area contributed by atoms with Gasteiger partial charge in [0.25, 0.3) is 5.91 Å². The standard InChI is InChI=1S/C31H34N2O4.ClH/c1-19-4-3-5-20(16-19)8-11-26(35)32(2)23-12-13-31(36)25-17-22-9-10-24(34)28-27(22)30(31,29(23)37-28)14-15-33(25)18-21-6-7-21;/h3-5,9-10,16,21,23,25,29,34,36H,6-7,12-15,17-18H2,1-2H3;1H/t23-,25+,29-,30-,31+;/m0./s1. The van der Waals surface area contributed by atoms with Gasteiger partial charge in [0.2, 0.25) is 0 Å². The summed E-state index contributed by atoms with van der Waals surface area (Å²) in [5.74, 6) is 6.98. The molecule has 0 aromatic heterocycles. The Morgan fingerprint density at radius 1 is 1.21 bits per heavy atom. The maximum Gasteiger partial charge on any atom is 0.298 e. The molecule has 2 aliphatic heterocycles. The van der Waals surface area contributed by atoms with Gasteiger partial charge in [0.05, 0.1) is 17.1 Å². The van der Waals surface area contributed by atoms with Crippen molar-refractivity contribution < 1.29 is 19.7 Å². The molecule has 2 bridgehead atoms. The molecule has 200 valence electrons. The highest BCUT2D eigenvalue weighted by Crippen LogP contribution is 2.66. The number of benzene rings is 2. The first kappa shape index (κ1) is 25.6. The topological polar surface area (TPSA) is 73.2 Å². The molecule has 38 heavy (non-hydrogen) atoms. The van der Waals surface area contributed by atoms with Crippen LogP contribution in [0, 0.1) is 24.7 Å². The van der Waals surface area contributed by atoms with E-state index in [0.29, 0.717) is 18.6 Å². The highest BCUT2D eigenvalue weighted by Gasteiger charge is 2.73. The van der Waals surface area contributed by atoms with Crippen LogP contribution in [0.15, 0.2) is 36.4 Å². The molecule has 2 aromatic carbocycles. The van der Waals surface area contributed by atoms with Crippen LogP contribution in [0.4, 0.5) is 0 Å². The van der Waals surface area contributed by atoms with Gasteiger partial charge in [-0.05, 0) is 87.2 Å². The fourth-order valence-corrected chi connectivity index (χ4v) is 7.94. The van der Waals surface area contributed by atoms with Crippen LogP contribution in [-0.4, -0.2) is 69.8 Å². The molecule has 2 aromatic rings. The predicted octanol–water partition coefficient (Wildman–Crippen LogP) is 3.57. The van der Waals surface area contributed by atoms with E-state index in [4.69, 9.17) is 4.74 Å². The van der Waals surface area contributed by atoms with Gasteiger partial charge in [-0.15, -0.1) is 12.4 Å². The van der Waals surface area contributed by atoms with Crippen molar-refractivity contribution in [1.29, 1.82) is 0 Å². The van der Waals surface area contributed by atoms with Gasteiger partial charge >= 0.3 is 0 Å². The number of phenols is 1. The second kappa shape index (κ2) is 8.91. The molecular weight excluding hydrogens is 500 g/mol. The molecule has 5 atom stereocenters. The number of phenolic OH excluding ortho intramolecular Hbond substituents is 1. The monoisotopic (exact) mass is 534 g/mol. The van der Waals surface area contributed by atoms with E-state index in [1.807, 2.05) is 37.3 Å². The van der Waals surface area contributed by atoms with Crippen molar-refractivity contribution >= 4 is 18.3 Å². The van der Waals surface area contributed by atoms with Crippen molar-refractivity contribution in [3.05, 3.63) is 58.7 Å². The third-order valence-corrected chi connectivity index (χ3v) is 9.88. The number of amides is 1. The molecule has 2 N–H and O–H groups in total. The number of nitrogens with zero attached hydrogens (tertiary/aromatic N) is 2. The van der Waals surface area contributed by atoms with Crippen LogP contribution in [0.25, 0.3) is 0 Å². The van der Waals surface area contributed by atoms with Crippen LogP contribution >= 0.6 is 12.4 Å². The zero-order valence-corrected chi connectivity index (χ0v) is 22.8. The Balaban J connectivity index is 0.00000264. The molecule has 0 unspecified atom stereocenters. The molecule has 3 aliphatic carbocycles. The quantitative estimate of drug-likeness (QED) is 0.589. The molecule has 2 heterocycles. The molecule has 1 spiro atoms. The molecule has 3 fully saturated rings. The van der Waals surface area contributed by atoms with E-state index < -0.39 is 17.1 Å². The van der Waals surface area contributed by atoms with Crippen LogP contribution < -0.4 is 4.74 Å². The lowest BCUT2D eigenvalue weighted by Gasteiger charge is -2.64. The Kier molecular flexibility index (Phi) is 5.99. The number of aromatic hydroxyl groups is 1. The number of aryl methyl sites for hydroxylation is 1. The Bertz CT molecular complexity index is 1360. The highest BCUT2D eigenvalue weighted by molar-refractivity contribution is 5.94. The van der Waals surface area contributed by atoms with Crippen LogP contribution in [0.3, 0.4) is 0 Å². The van der Waals surface area contributed by atoms with E-state index in [0.717, 1.165) is 48.5 Å². The van der Waals surface area contributed by atoms with E-state index in [-0.39, 0.29) is 36.1 Å². The van der Waals surface area contributed by atoms with Crippen LogP contribution in [-0.2, 0) is 16.6 Å². The van der Waals surface area contributed by atoms with Crippen LogP contribution in [0.2, 0.25) is 0 Å². The minimum atomic E-state index is -0.954. The number of rotatable bonds is 3. The van der Waals surface area contributed by atoms with E-state index in [2.05, 4.69) is 16.7 Å². The predicted molar refractivity (Wildman–Crippen MR) is 147 cm³/mol. The Morgan fingerprint density at radius 3 is 2.79 bits per heavy atom. The number of hydrogen-bond acceptors (Lipinski definition) is 5. The molecule has 7 rings (SSSR count). The van der Waals surface area contributed by atoms with E-state index >= 15 is 0 Å². The summed E-state index contributed by atoms with van der Waals surface area (Å²) >= 11 is 0. The fourth-order valence-electron chi connectivity index (χ4n) is 7.94. The lowest BCUT2D eigenvalue weighted by Crippen LogP contribution is -2.78. The largest absolute Gasteiger partial charge is 0.504 e. The van der Waals surface area contributed by atoms with Crippen LogP contribution in [0.1, 0.15) is 54.4 Å². The SMILES string of the molecule is Cc1cccc(C#CC(=O)N(C)[C@H]2CC[C@@]3(O)[C@H]4Cc5ccc(O)c6c5[C@@]3(CCN4CC3CC3)[C@H]2O6)c1.Cl. The Hall–Kier alpha value is -2.72. The first-order valence-electron chi connectivity index (χ1n) is 13.7. The summed E-state index contributed by atoms with van der Waals surface area (Å²) < 4.78 is 6.60. The van der Waals surface area contributed by atoms with Crippen molar-refractivity contribution in [3.8, 4) is 23.3 Å². The lowest BCUT2D eigenvalue weighted by atomic mass is 9.48. The maximum atomic E-state index is 13.3. The number of piperidine rings is 1. The van der Waals surface area contributed by atoms with Gasteiger partial charge in [-0.25, -0.2) is 0 Å². The Labute approximate surface area is 230 Å². The summed E-state index contributed by atoms with van der Waals surface area (Å²) in [6, 6.07) is 11.4. The third kappa shape index (κ3) is 3.52. The second-order valence-electron chi connectivity index (χ2n) is 11.9. The lowest BCUT2D eigenvalue weighted by molar-refractivity contribution is -0.199. The van der Waals surface area contributed by atoms with Crippen LogP contribution in [0.5, 0.6) is 11.5 Å². The number of halogens is 1. The van der Waals surface area contributed by atoms with Crippen molar-refractivity contribution in [2.75, 3.05) is 20.1 Å². The zero-order valence-electron chi connectivity index (χ0n) is 21.9. The number of ether oxygens (including phenoxy) is 1. The summed E-state index contributed by atoms with van der Waals surface area (Å²) in [6.07, 6.45) is 4.90.